The van der Waals surface area contributed by atoms with Crippen molar-refractivity contribution in [2.75, 3.05) is 14.2 Å². The van der Waals surface area contributed by atoms with Crippen molar-refractivity contribution >= 4 is 22.7 Å². The van der Waals surface area contributed by atoms with E-state index in [1.54, 1.807) is 18.2 Å². The van der Waals surface area contributed by atoms with E-state index >= 15 is 0 Å². The molecule has 128 valence electrons. The molecule has 24 heavy (non-hydrogen) atoms. The van der Waals surface area contributed by atoms with Crippen LogP contribution in [-0.4, -0.2) is 26.2 Å². The standard InChI is InChI=1S/C18H20O6/c1-6-13-16(23-10(2)19)14-8-7-12(21-4)9-15(14)18(17(13)22-5)24-11(3)20/h7-9H,6H2,1-5H3. The molecule has 0 saturated carbocycles. The van der Waals surface area contributed by atoms with Gasteiger partial charge >= 0.3 is 11.9 Å². The van der Waals surface area contributed by atoms with Crippen molar-refractivity contribution < 1.29 is 28.5 Å². The van der Waals surface area contributed by atoms with Gasteiger partial charge in [0.2, 0.25) is 0 Å². The van der Waals surface area contributed by atoms with Crippen LogP contribution in [-0.2, 0) is 16.0 Å². The molecule has 0 N–H and O–H groups in total. The molecular formula is C18H20O6. The monoisotopic (exact) mass is 332 g/mol. The SMILES string of the molecule is CCc1c(OC)c(OC(C)=O)c2cc(OC)ccc2c1OC(C)=O. The van der Waals surface area contributed by atoms with Crippen LogP contribution >= 0.6 is 0 Å². The Labute approximate surface area is 140 Å². The number of rotatable bonds is 5. The van der Waals surface area contributed by atoms with Gasteiger partial charge in [-0.3, -0.25) is 9.59 Å². The minimum Gasteiger partial charge on any atom is -0.497 e. The number of benzene rings is 2. The topological polar surface area (TPSA) is 71.1 Å². The van der Waals surface area contributed by atoms with Gasteiger partial charge in [-0.1, -0.05) is 6.92 Å². The second-order valence-electron chi connectivity index (χ2n) is 5.12. The quantitative estimate of drug-likeness (QED) is 0.618. The third-order valence-electron chi connectivity index (χ3n) is 3.52. The number of hydrogen-bond donors (Lipinski definition) is 0. The van der Waals surface area contributed by atoms with Gasteiger partial charge in [0, 0.05) is 30.2 Å². The van der Waals surface area contributed by atoms with Crippen molar-refractivity contribution in [3.63, 3.8) is 0 Å². The summed E-state index contributed by atoms with van der Waals surface area (Å²) < 4.78 is 21.5. The molecule has 0 aliphatic rings. The summed E-state index contributed by atoms with van der Waals surface area (Å²) in [5, 5.41) is 1.20. The first-order valence-electron chi connectivity index (χ1n) is 7.50. The fourth-order valence-corrected chi connectivity index (χ4v) is 2.60. The van der Waals surface area contributed by atoms with Gasteiger partial charge in [0.1, 0.15) is 11.5 Å². The molecule has 0 unspecified atom stereocenters. The first kappa shape index (κ1) is 17.6. The van der Waals surface area contributed by atoms with E-state index in [0.717, 1.165) is 0 Å². The van der Waals surface area contributed by atoms with Crippen molar-refractivity contribution in [2.45, 2.75) is 27.2 Å². The molecule has 0 bridgehead atoms. The molecule has 0 spiro atoms. The smallest absolute Gasteiger partial charge is 0.308 e. The maximum absolute atomic E-state index is 11.5. The van der Waals surface area contributed by atoms with E-state index in [-0.39, 0.29) is 5.75 Å². The predicted octanol–water partition coefficient (Wildman–Crippen LogP) is 3.27. The van der Waals surface area contributed by atoms with Gasteiger partial charge in [0.05, 0.1) is 14.2 Å². The normalized spacial score (nSPS) is 10.4. The van der Waals surface area contributed by atoms with Crippen molar-refractivity contribution in [3.05, 3.63) is 23.8 Å². The maximum atomic E-state index is 11.5. The van der Waals surface area contributed by atoms with Gasteiger partial charge in [0.25, 0.3) is 0 Å². The van der Waals surface area contributed by atoms with Gasteiger partial charge in [-0.25, -0.2) is 0 Å². The van der Waals surface area contributed by atoms with Gasteiger partial charge < -0.3 is 18.9 Å². The second kappa shape index (κ2) is 7.21. The van der Waals surface area contributed by atoms with E-state index in [4.69, 9.17) is 18.9 Å². The highest BCUT2D eigenvalue weighted by Crippen LogP contribution is 2.47. The maximum Gasteiger partial charge on any atom is 0.308 e. The summed E-state index contributed by atoms with van der Waals surface area (Å²) in [5.41, 5.74) is 0.654. The molecule has 2 rings (SSSR count). The van der Waals surface area contributed by atoms with Crippen LogP contribution in [0, 0.1) is 0 Å². The molecule has 0 saturated heterocycles. The first-order chi connectivity index (χ1) is 11.4. The lowest BCUT2D eigenvalue weighted by Crippen LogP contribution is -2.09. The Bertz CT molecular complexity index is 794. The van der Waals surface area contributed by atoms with Gasteiger partial charge in [-0.2, -0.15) is 0 Å². The predicted molar refractivity (Wildman–Crippen MR) is 89.0 cm³/mol. The van der Waals surface area contributed by atoms with E-state index in [9.17, 15) is 9.59 Å². The van der Waals surface area contributed by atoms with E-state index in [2.05, 4.69) is 0 Å². The van der Waals surface area contributed by atoms with E-state index < -0.39 is 11.9 Å². The van der Waals surface area contributed by atoms with Crippen LogP contribution in [0.25, 0.3) is 10.8 Å². The number of ether oxygens (including phenoxy) is 4. The Morgan fingerprint density at radius 3 is 2.00 bits per heavy atom. The van der Waals surface area contributed by atoms with Crippen LogP contribution in [0.4, 0.5) is 0 Å². The van der Waals surface area contributed by atoms with Crippen molar-refractivity contribution in [1.82, 2.24) is 0 Å². The van der Waals surface area contributed by atoms with Crippen molar-refractivity contribution in [1.29, 1.82) is 0 Å². The Kier molecular flexibility index (Phi) is 5.28. The van der Waals surface area contributed by atoms with Crippen LogP contribution in [0.2, 0.25) is 0 Å². The Balaban J connectivity index is 2.94. The van der Waals surface area contributed by atoms with E-state index in [1.165, 1.54) is 28.1 Å². The van der Waals surface area contributed by atoms with Crippen molar-refractivity contribution in [3.8, 4) is 23.0 Å². The summed E-state index contributed by atoms with van der Waals surface area (Å²) in [7, 11) is 3.02. The Hall–Kier alpha value is -2.76. The minimum atomic E-state index is -0.472. The van der Waals surface area contributed by atoms with Crippen LogP contribution in [0.3, 0.4) is 0 Å². The highest BCUT2D eigenvalue weighted by molar-refractivity contribution is 6.00. The van der Waals surface area contributed by atoms with Gasteiger partial charge in [-0.05, 0) is 24.6 Å². The lowest BCUT2D eigenvalue weighted by Gasteiger charge is -2.19. The molecule has 0 amide bonds. The zero-order chi connectivity index (χ0) is 17.9. The van der Waals surface area contributed by atoms with Crippen LogP contribution < -0.4 is 18.9 Å². The lowest BCUT2D eigenvalue weighted by molar-refractivity contribution is -0.133. The lowest BCUT2D eigenvalue weighted by atomic mass is 10.0. The fourth-order valence-electron chi connectivity index (χ4n) is 2.60. The van der Waals surface area contributed by atoms with Gasteiger partial charge in [0.15, 0.2) is 11.5 Å². The third-order valence-corrected chi connectivity index (χ3v) is 3.52. The highest BCUT2D eigenvalue weighted by atomic mass is 16.6. The van der Waals surface area contributed by atoms with E-state index in [0.29, 0.717) is 40.0 Å². The van der Waals surface area contributed by atoms with Crippen LogP contribution in [0.1, 0.15) is 26.3 Å². The highest BCUT2D eigenvalue weighted by Gasteiger charge is 2.24. The molecule has 0 aliphatic heterocycles. The number of hydrogen-bond acceptors (Lipinski definition) is 6. The average Bonchev–Trinajstić information content (AvgIpc) is 2.55. The number of carbonyl (C=O) groups excluding carboxylic acids is 2. The van der Waals surface area contributed by atoms with Crippen molar-refractivity contribution in [2.24, 2.45) is 0 Å². The summed E-state index contributed by atoms with van der Waals surface area (Å²) in [5.74, 6) is 0.714. The summed E-state index contributed by atoms with van der Waals surface area (Å²) in [4.78, 5) is 23.1. The first-order valence-corrected chi connectivity index (χ1v) is 7.50. The molecule has 0 atom stereocenters. The average molecular weight is 332 g/mol. The Morgan fingerprint density at radius 1 is 0.875 bits per heavy atom. The zero-order valence-electron chi connectivity index (χ0n) is 14.4. The molecule has 0 radical (unpaired) electrons. The molecule has 6 nitrogen and oxygen atoms in total. The van der Waals surface area contributed by atoms with Crippen LogP contribution in [0.5, 0.6) is 23.0 Å². The molecule has 0 aliphatic carbocycles. The third kappa shape index (κ3) is 3.27. The molecular weight excluding hydrogens is 312 g/mol. The van der Waals surface area contributed by atoms with Gasteiger partial charge in [-0.15, -0.1) is 0 Å². The fraction of sp³-hybridized carbons (Fsp3) is 0.333. The summed E-state index contributed by atoms with van der Waals surface area (Å²) in [6.07, 6.45) is 0.530. The summed E-state index contributed by atoms with van der Waals surface area (Å²) >= 11 is 0. The van der Waals surface area contributed by atoms with E-state index in [1.807, 2.05) is 6.92 Å². The number of esters is 2. The molecule has 2 aromatic carbocycles. The second-order valence-corrected chi connectivity index (χ2v) is 5.12. The zero-order valence-corrected chi connectivity index (χ0v) is 14.4. The molecule has 0 aromatic heterocycles. The number of fused-ring (bicyclic) bond motifs is 1. The molecule has 0 fully saturated rings. The molecule has 6 heteroatoms. The Morgan fingerprint density at radius 2 is 1.50 bits per heavy atom. The molecule has 0 heterocycles. The molecule has 2 aromatic rings. The minimum absolute atomic E-state index is 0.284. The van der Waals surface area contributed by atoms with Crippen LogP contribution in [0.15, 0.2) is 18.2 Å². The number of carbonyl (C=O) groups is 2. The number of methoxy groups -OCH3 is 2. The largest absolute Gasteiger partial charge is 0.497 e. The summed E-state index contributed by atoms with van der Waals surface area (Å²) in [6.45, 7) is 4.55. The summed E-state index contributed by atoms with van der Waals surface area (Å²) in [6, 6.07) is 5.22.